The van der Waals surface area contributed by atoms with Crippen LogP contribution in [0.3, 0.4) is 0 Å². The Hall–Kier alpha value is -1.70. The molecular formula is C16H26N2O3. The van der Waals surface area contributed by atoms with Gasteiger partial charge in [0, 0.05) is 12.5 Å². The van der Waals surface area contributed by atoms with Crippen molar-refractivity contribution in [2.75, 3.05) is 0 Å². The van der Waals surface area contributed by atoms with Crippen LogP contribution < -0.4 is 10.6 Å². The van der Waals surface area contributed by atoms with E-state index < -0.39 is 18.0 Å². The highest BCUT2D eigenvalue weighted by Crippen LogP contribution is 2.45. The van der Waals surface area contributed by atoms with E-state index in [4.69, 9.17) is 11.5 Å². The van der Waals surface area contributed by atoms with Gasteiger partial charge in [-0.3, -0.25) is 0 Å². The van der Waals surface area contributed by atoms with Crippen LogP contribution in [-0.2, 0) is 4.79 Å². The molecule has 0 aromatic carbocycles. The van der Waals surface area contributed by atoms with Gasteiger partial charge in [0.1, 0.15) is 6.04 Å². The van der Waals surface area contributed by atoms with E-state index in [0.29, 0.717) is 0 Å². The summed E-state index contributed by atoms with van der Waals surface area (Å²) in [5, 5.41) is 14.3. The quantitative estimate of drug-likeness (QED) is 0.696. The number of carboxylic acids is 1. The maximum Gasteiger partial charge on any atom is 0.327 e. The smallest absolute Gasteiger partial charge is 0.327 e. The van der Waals surface area contributed by atoms with E-state index in [9.17, 15) is 9.59 Å². The van der Waals surface area contributed by atoms with Crippen molar-refractivity contribution in [2.45, 2.75) is 65.5 Å². The molecule has 2 amide bonds. The highest BCUT2D eigenvalue weighted by molar-refractivity contribution is 5.82. The number of hydrogen-bond donors (Lipinski definition) is 3. The van der Waals surface area contributed by atoms with Gasteiger partial charge in [-0.15, -0.1) is 12.3 Å². The number of aliphatic carboxylic acids is 1. The first-order valence-electron chi connectivity index (χ1n) is 7.28. The first-order valence-corrected chi connectivity index (χ1v) is 7.28. The van der Waals surface area contributed by atoms with E-state index >= 15 is 0 Å². The van der Waals surface area contributed by atoms with Crippen LogP contribution in [0.25, 0.3) is 0 Å². The molecule has 1 aliphatic rings. The largest absolute Gasteiger partial charge is 0.480 e. The normalized spacial score (nSPS) is 21.9. The Morgan fingerprint density at radius 3 is 2.24 bits per heavy atom. The molecule has 3 N–H and O–H groups in total. The summed E-state index contributed by atoms with van der Waals surface area (Å²) >= 11 is 0. The first-order chi connectivity index (χ1) is 9.54. The van der Waals surface area contributed by atoms with Crippen molar-refractivity contribution in [2.24, 2.45) is 10.8 Å². The van der Waals surface area contributed by atoms with Gasteiger partial charge in [-0.05, 0) is 30.1 Å². The molecular weight excluding hydrogens is 268 g/mol. The molecule has 1 saturated carbocycles. The van der Waals surface area contributed by atoms with Gasteiger partial charge in [0.25, 0.3) is 0 Å². The zero-order valence-electron chi connectivity index (χ0n) is 13.3. The van der Waals surface area contributed by atoms with Gasteiger partial charge in [-0.2, -0.15) is 0 Å². The topological polar surface area (TPSA) is 78.4 Å². The number of rotatable bonds is 4. The second kappa shape index (κ2) is 6.38. The zero-order chi connectivity index (χ0) is 16.3. The molecule has 1 fully saturated rings. The molecule has 0 saturated heterocycles. The number of urea groups is 1. The first kappa shape index (κ1) is 17.4. The third-order valence-corrected chi connectivity index (χ3v) is 3.82. The number of carbonyl (C=O) groups excluding carboxylic acids is 1. The summed E-state index contributed by atoms with van der Waals surface area (Å²) in [7, 11) is 0. The molecule has 0 bridgehead atoms. The zero-order valence-corrected chi connectivity index (χ0v) is 13.3. The van der Waals surface area contributed by atoms with E-state index in [0.717, 1.165) is 19.3 Å². The van der Waals surface area contributed by atoms with Gasteiger partial charge in [0.15, 0.2) is 0 Å². The SMILES string of the molecule is C#CCC(NC(=O)NC1CC(C)(C)CC(C)(C)C1)C(=O)O. The maximum absolute atomic E-state index is 12.0. The molecule has 0 radical (unpaired) electrons. The molecule has 0 aliphatic heterocycles. The number of hydrogen-bond acceptors (Lipinski definition) is 2. The highest BCUT2D eigenvalue weighted by atomic mass is 16.4. The minimum Gasteiger partial charge on any atom is -0.480 e. The van der Waals surface area contributed by atoms with Crippen LogP contribution >= 0.6 is 0 Å². The van der Waals surface area contributed by atoms with Crippen molar-refractivity contribution in [3.05, 3.63) is 0 Å². The van der Waals surface area contributed by atoms with Crippen molar-refractivity contribution in [1.29, 1.82) is 0 Å². The second-order valence-electron chi connectivity index (χ2n) is 7.53. The van der Waals surface area contributed by atoms with Gasteiger partial charge in [-0.25, -0.2) is 9.59 Å². The van der Waals surface area contributed by atoms with E-state index in [1.807, 2.05) is 0 Å². The molecule has 1 rings (SSSR count). The predicted octanol–water partition coefficient (Wildman–Crippen LogP) is 2.37. The molecule has 0 heterocycles. The van der Waals surface area contributed by atoms with Crippen LogP contribution in [0.4, 0.5) is 4.79 Å². The van der Waals surface area contributed by atoms with Crippen molar-refractivity contribution in [3.63, 3.8) is 0 Å². The van der Waals surface area contributed by atoms with Crippen molar-refractivity contribution in [3.8, 4) is 12.3 Å². The number of carboxylic acid groups (broad SMARTS) is 1. The highest BCUT2D eigenvalue weighted by Gasteiger charge is 2.39. The Labute approximate surface area is 126 Å². The number of carbonyl (C=O) groups is 2. The summed E-state index contributed by atoms with van der Waals surface area (Å²) in [5.74, 6) is 1.14. The average Bonchev–Trinajstić information content (AvgIpc) is 2.23. The summed E-state index contributed by atoms with van der Waals surface area (Å²) in [5.41, 5.74) is 0.315. The van der Waals surface area contributed by atoms with Gasteiger partial charge in [0.2, 0.25) is 0 Å². The van der Waals surface area contributed by atoms with E-state index in [2.05, 4.69) is 44.2 Å². The summed E-state index contributed by atoms with van der Waals surface area (Å²) in [6, 6.07) is -1.46. The predicted molar refractivity (Wildman–Crippen MR) is 81.7 cm³/mol. The van der Waals surface area contributed by atoms with Crippen molar-refractivity contribution < 1.29 is 14.7 Å². The summed E-state index contributed by atoms with van der Waals surface area (Å²) in [6.07, 6.45) is 7.97. The van der Waals surface area contributed by atoms with Gasteiger partial charge >= 0.3 is 12.0 Å². The average molecular weight is 294 g/mol. The Bertz CT molecular complexity index is 433. The lowest BCUT2D eigenvalue weighted by Gasteiger charge is -2.45. The molecule has 0 spiro atoms. The minimum atomic E-state index is -1.12. The van der Waals surface area contributed by atoms with Crippen LogP contribution in [-0.4, -0.2) is 29.2 Å². The lowest BCUT2D eigenvalue weighted by Crippen LogP contribution is -2.52. The standard InChI is InChI=1S/C16H26N2O3/c1-6-7-12(13(19)20)18-14(21)17-11-8-15(2,3)10-16(4,5)9-11/h1,11-12H,7-10H2,2-5H3,(H,19,20)(H2,17,18,21). The Kier molecular flexibility index (Phi) is 5.27. The second-order valence-corrected chi connectivity index (χ2v) is 7.53. The van der Waals surface area contributed by atoms with E-state index in [1.54, 1.807) is 0 Å². The molecule has 1 unspecified atom stereocenters. The lowest BCUT2D eigenvalue weighted by molar-refractivity contribution is -0.139. The molecule has 21 heavy (non-hydrogen) atoms. The summed E-state index contributed by atoms with van der Waals surface area (Å²) in [6.45, 7) is 8.77. The fourth-order valence-electron chi connectivity index (χ4n) is 3.65. The molecule has 0 aromatic heterocycles. The summed E-state index contributed by atoms with van der Waals surface area (Å²) in [4.78, 5) is 23.0. The molecule has 1 atom stereocenters. The van der Waals surface area contributed by atoms with Crippen LogP contribution in [0.2, 0.25) is 0 Å². The molecule has 1 aliphatic carbocycles. The van der Waals surface area contributed by atoms with Crippen LogP contribution in [0.1, 0.15) is 53.4 Å². The van der Waals surface area contributed by atoms with Crippen molar-refractivity contribution >= 4 is 12.0 Å². The third kappa shape index (κ3) is 5.66. The van der Waals surface area contributed by atoms with Gasteiger partial charge in [-0.1, -0.05) is 27.7 Å². The molecule has 5 nitrogen and oxygen atoms in total. The number of nitrogens with one attached hydrogen (secondary N) is 2. The summed E-state index contributed by atoms with van der Waals surface area (Å²) < 4.78 is 0. The Balaban J connectivity index is 2.62. The molecule has 5 heteroatoms. The van der Waals surface area contributed by atoms with Crippen LogP contribution in [0, 0.1) is 23.2 Å². The van der Waals surface area contributed by atoms with E-state index in [1.165, 1.54) is 0 Å². The Morgan fingerprint density at radius 1 is 1.29 bits per heavy atom. The van der Waals surface area contributed by atoms with Crippen LogP contribution in [0.5, 0.6) is 0 Å². The molecule has 118 valence electrons. The fourth-order valence-corrected chi connectivity index (χ4v) is 3.65. The maximum atomic E-state index is 12.0. The van der Waals surface area contributed by atoms with E-state index in [-0.39, 0.29) is 23.3 Å². The van der Waals surface area contributed by atoms with Crippen LogP contribution in [0.15, 0.2) is 0 Å². The third-order valence-electron chi connectivity index (χ3n) is 3.82. The number of terminal acetylenes is 1. The Morgan fingerprint density at radius 2 is 1.81 bits per heavy atom. The van der Waals surface area contributed by atoms with Crippen molar-refractivity contribution in [1.82, 2.24) is 10.6 Å². The lowest BCUT2D eigenvalue weighted by atomic mass is 9.63. The van der Waals surface area contributed by atoms with Gasteiger partial charge < -0.3 is 15.7 Å². The fraction of sp³-hybridized carbons (Fsp3) is 0.750. The molecule has 0 aromatic rings. The number of amides is 2. The monoisotopic (exact) mass is 294 g/mol. The van der Waals surface area contributed by atoms with Gasteiger partial charge in [0.05, 0.1) is 0 Å². The minimum absolute atomic E-state index is 0.0234.